The monoisotopic (exact) mass is 324 g/mol. The average molecular weight is 324 g/mol. The molecule has 0 saturated heterocycles. The number of hydrogen-bond donors (Lipinski definition) is 1. The van der Waals surface area contributed by atoms with Gasteiger partial charge in [0.1, 0.15) is 5.78 Å². The van der Waals surface area contributed by atoms with Gasteiger partial charge < -0.3 is 5.11 Å². The summed E-state index contributed by atoms with van der Waals surface area (Å²) in [6.45, 7) is 4.78. The van der Waals surface area contributed by atoms with Crippen LogP contribution in [-0.2, 0) is 4.79 Å². The summed E-state index contributed by atoms with van der Waals surface area (Å²) in [6.07, 6.45) is 13.5. The van der Waals surface area contributed by atoms with E-state index in [-0.39, 0.29) is 22.3 Å². The lowest BCUT2D eigenvalue weighted by Gasteiger charge is -2.52. The van der Waals surface area contributed by atoms with Gasteiger partial charge in [0, 0.05) is 23.7 Å². The molecule has 0 heterocycles. The zero-order valence-electron chi connectivity index (χ0n) is 15.0. The first-order valence-corrected chi connectivity index (χ1v) is 9.74. The summed E-state index contributed by atoms with van der Waals surface area (Å²) in [5.74, 6) is 0.411. The number of allylic oxidation sites excluding steroid dienone is 5. The topological polar surface area (TPSA) is 37.3 Å². The van der Waals surface area contributed by atoms with E-state index in [1.54, 1.807) is 5.57 Å². The molecule has 0 aromatic heterocycles. The molecule has 5 aliphatic carbocycles. The first kappa shape index (κ1) is 15.1. The molecule has 5 aliphatic rings. The van der Waals surface area contributed by atoms with Crippen molar-refractivity contribution >= 4 is 5.78 Å². The molecule has 0 aromatic carbocycles. The Morgan fingerprint density at radius 3 is 2.79 bits per heavy atom. The maximum atomic E-state index is 11.9. The van der Waals surface area contributed by atoms with Gasteiger partial charge >= 0.3 is 0 Å². The van der Waals surface area contributed by atoms with Crippen LogP contribution in [0.3, 0.4) is 0 Å². The molecule has 0 bridgehead atoms. The number of rotatable bonds is 0. The third-order valence-electron chi connectivity index (χ3n) is 8.53. The van der Waals surface area contributed by atoms with Gasteiger partial charge in [-0.25, -0.2) is 0 Å². The molecule has 2 unspecified atom stereocenters. The highest BCUT2D eigenvalue weighted by Gasteiger charge is 2.63. The maximum Gasteiger partial charge on any atom is 0.137 e. The van der Waals surface area contributed by atoms with Crippen molar-refractivity contribution in [3.8, 4) is 0 Å². The average Bonchev–Trinajstić information content (AvgIpc) is 2.99. The molecule has 2 fully saturated rings. The van der Waals surface area contributed by atoms with Crippen molar-refractivity contribution in [3.63, 3.8) is 0 Å². The van der Waals surface area contributed by atoms with Crippen LogP contribution in [0.4, 0.5) is 0 Å². The fourth-order valence-corrected chi connectivity index (χ4v) is 7.01. The molecule has 0 amide bonds. The van der Waals surface area contributed by atoms with E-state index < -0.39 is 0 Å². The number of fused-ring (bicyclic) bond motifs is 3. The minimum Gasteiger partial charge on any atom is -0.392 e. The zero-order valence-corrected chi connectivity index (χ0v) is 15.0. The highest BCUT2D eigenvalue weighted by Crippen LogP contribution is 2.70. The number of aliphatic hydroxyl groups excluding tert-OH is 1. The first-order chi connectivity index (χ1) is 11.4. The molecular weight excluding hydrogens is 296 g/mol. The highest BCUT2D eigenvalue weighted by atomic mass is 16.3. The Hall–Kier alpha value is -1.15. The molecular formula is C22H28O2. The van der Waals surface area contributed by atoms with Crippen molar-refractivity contribution in [2.24, 2.45) is 16.2 Å². The van der Waals surface area contributed by atoms with E-state index >= 15 is 0 Å². The summed E-state index contributed by atoms with van der Waals surface area (Å²) in [4.78, 5) is 11.9. The molecule has 2 saturated carbocycles. The summed E-state index contributed by atoms with van der Waals surface area (Å²) < 4.78 is 0. The lowest BCUT2D eigenvalue weighted by Crippen LogP contribution is -2.45. The van der Waals surface area contributed by atoms with Crippen LogP contribution in [0.15, 0.2) is 34.4 Å². The van der Waals surface area contributed by atoms with Gasteiger partial charge in [0.25, 0.3) is 0 Å². The van der Waals surface area contributed by atoms with Crippen molar-refractivity contribution in [3.05, 3.63) is 34.4 Å². The Morgan fingerprint density at radius 2 is 1.96 bits per heavy atom. The molecule has 4 atom stereocenters. The van der Waals surface area contributed by atoms with Crippen LogP contribution in [0.2, 0.25) is 0 Å². The molecule has 24 heavy (non-hydrogen) atoms. The van der Waals surface area contributed by atoms with Crippen LogP contribution < -0.4 is 0 Å². The Bertz CT molecular complexity index is 739. The van der Waals surface area contributed by atoms with Crippen LogP contribution in [-0.4, -0.2) is 17.0 Å². The first-order valence-electron chi connectivity index (χ1n) is 9.74. The SMILES string of the molecule is CC12CCC(=O)CC1=CCC1=C2CCC23C1=CC[C@@]2(C)CC[C@H]3O. The van der Waals surface area contributed by atoms with Crippen molar-refractivity contribution in [1.29, 1.82) is 0 Å². The summed E-state index contributed by atoms with van der Waals surface area (Å²) >= 11 is 0. The van der Waals surface area contributed by atoms with Gasteiger partial charge in [-0.15, -0.1) is 0 Å². The number of hydrogen-bond acceptors (Lipinski definition) is 2. The third kappa shape index (κ3) is 1.55. The van der Waals surface area contributed by atoms with Crippen molar-refractivity contribution < 1.29 is 9.90 Å². The Balaban J connectivity index is 1.63. The number of Topliss-reactive ketones (excluding diaryl/α,β-unsaturated/α-hetero) is 1. The second-order valence-corrected chi connectivity index (χ2v) is 9.35. The van der Waals surface area contributed by atoms with Crippen LogP contribution in [0.5, 0.6) is 0 Å². The van der Waals surface area contributed by atoms with E-state index in [4.69, 9.17) is 0 Å². The van der Waals surface area contributed by atoms with E-state index in [1.165, 1.54) is 16.7 Å². The molecule has 2 heteroatoms. The quantitative estimate of drug-likeness (QED) is 0.659. The van der Waals surface area contributed by atoms with E-state index in [1.807, 2.05) is 0 Å². The predicted octanol–water partition coefficient (Wildman–Crippen LogP) is 4.64. The van der Waals surface area contributed by atoms with Crippen LogP contribution in [0.1, 0.15) is 71.6 Å². The minimum absolute atomic E-state index is 0.0119. The van der Waals surface area contributed by atoms with Gasteiger partial charge in [-0.3, -0.25) is 4.79 Å². The molecule has 1 N–H and O–H groups in total. The maximum absolute atomic E-state index is 11.9. The molecule has 0 radical (unpaired) electrons. The summed E-state index contributed by atoms with van der Waals surface area (Å²) in [5.41, 5.74) is 6.38. The van der Waals surface area contributed by atoms with Gasteiger partial charge in [0.05, 0.1) is 6.10 Å². The second-order valence-electron chi connectivity index (χ2n) is 9.35. The van der Waals surface area contributed by atoms with Crippen LogP contribution >= 0.6 is 0 Å². The predicted molar refractivity (Wildman–Crippen MR) is 94.4 cm³/mol. The third-order valence-corrected chi connectivity index (χ3v) is 8.53. The fraction of sp³-hybridized carbons (Fsp3) is 0.682. The van der Waals surface area contributed by atoms with Crippen molar-refractivity contribution in [2.75, 3.05) is 0 Å². The number of carbonyl (C=O) groups is 1. The van der Waals surface area contributed by atoms with Gasteiger partial charge in [0.15, 0.2) is 0 Å². The molecule has 2 nitrogen and oxygen atoms in total. The Labute approximate surface area is 144 Å². The highest BCUT2D eigenvalue weighted by molar-refractivity contribution is 5.83. The normalized spacial score (nSPS) is 46.8. The number of aliphatic hydroxyl groups is 1. The Kier molecular flexibility index (Phi) is 2.85. The lowest BCUT2D eigenvalue weighted by atomic mass is 9.52. The summed E-state index contributed by atoms with van der Waals surface area (Å²) in [6, 6.07) is 0. The molecule has 5 rings (SSSR count). The van der Waals surface area contributed by atoms with Gasteiger partial charge in [-0.1, -0.05) is 37.1 Å². The van der Waals surface area contributed by atoms with E-state index in [9.17, 15) is 9.90 Å². The molecule has 128 valence electrons. The van der Waals surface area contributed by atoms with E-state index in [0.717, 1.165) is 51.4 Å². The van der Waals surface area contributed by atoms with Crippen molar-refractivity contribution in [2.45, 2.75) is 77.7 Å². The van der Waals surface area contributed by atoms with Gasteiger partial charge in [-0.2, -0.15) is 0 Å². The smallest absolute Gasteiger partial charge is 0.137 e. The molecule has 0 aliphatic heterocycles. The van der Waals surface area contributed by atoms with E-state index in [0.29, 0.717) is 12.2 Å². The summed E-state index contributed by atoms with van der Waals surface area (Å²) in [5, 5.41) is 10.9. The number of ketones is 1. The fourth-order valence-electron chi connectivity index (χ4n) is 7.01. The van der Waals surface area contributed by atoms with Gasteiger partial charge in [0.2, 0.25) is 0 Å². The molecule has 1 spiro atoms. The van der Waals surface area contributed by atoms with Crippen LogP contribution in [0.25, 0.3) is 0 Å². The lowest BCUT2D eigenvalue weighted by molar-refractivity contribution is -0.120. The number of carbonyl (C=O) groups excluding carboxylic acids is 1. The largest absolute Gasteiger partial charge is 0.392 e. The Morgan fingerprint density at radius 1 is 1.12 bits per heavy atom. The van der Waals surface area contributed by atoms with Crippen molar-refractivity contribution in [1.82, 2.24) is 0 Å². The standard InChI is InChI=1S/C22H28O2/c1-20-9-6-18-16-4-3-14-13-15(23)5-11-21(14,2)17(16)7-12-22(18,20)19(24)8-10-20/h3,6,19,24H,4-5,7-13H2,1-2H3/t19-,20+,21?,22?/m1/s1. The summed E-state index contributed by atoms with van der Waals surface area (Å²) in [7, 11) is 0. The van der Waals surface area contributed by atoms with E-state index in [2.05, 4.69) is 26.0 Å². The van der Waals surface area contributed by atoms with Gasteiger partial charge in [-0.05, 0) is 61.5 Å². The minimum atomic E-state index is -0.170. The molecule has 0 aromatic rings. The second kappa shape index (κ2) is 4.52. The zero-order chi connectivity index (χ0) is 16.7. The van der Waals surface area contributed by atoms with Crippen LogP contribution in [0, 0.1) is 16.2 Å².